The largest absolute Gasteiger partial charge is 0.301 e. The van der Waals surface area contributed by atoms with Crippen LogP contribution in [0.5, 0.6) is 0 Å². The van der Waals surface area contributed by atoms with Gasteiger partial charge >= 0.3 is 0 Å². The average Bonchev–Trinajstić information content (AvgIpc) is 2.63. The van der Waals surface area contributed by atoms with Crippen LogP contribution in [-0.4, -0.2) is 21.5 Å². The van der Waals surface area contributed by atoms with Crippen molar-refractivity contribution in [2.24, 2.45) is 0 Å². The van der Waals surface area contributed by atoms with Crippen LogP contribution in [-0.2, 0) is 6.42 Å². The number of rotatable bonds is 6. The van der Waals surface area contributed by atoms with Crippen LogP contribution in [0.25, 0.3) is 0 Å². The molecule has 1 aromatic heterocycles. The molecule has 2 aromatic carbocycles. The molecular formula is C19H14ClFN2O2S. The third-order valence-electron chi connectivity index (χ3n) is 3.63. The van der Waals surface area contributed by atoms with E-state index in [4.69, 9.17) is 11.6 Å². The number of aromatic amines is 1. The van der Waals surface area contributed by atoms with Crippen molar-refractivity contribution in [3.8, 4) is 0 Å². The summed E-state index contributed by atoms with van der Waals surface area (Å²) in [6, 6.07) is 14.6. The first-order chi connectivity index (χ1) is 12.5. The molecule has 1 heterocycles. The summed E-state index contributed by atoms with van der Waals surface area (Å²) in [5.74, 6) is -0.384. The lowest BCUT2D eigenvalue weighted by molar-refractivity contribution is 0.102. The molecule has 0 spiro atoms. The van der Waals surface area contributed by atoms with Crippen molar-refractivity contribution in [2.45, 2.75) is 11.6 Å². The summed E-state index contributed by atoms with van der Waals surface area (Å²) in [6.45, 7) is 0. The normalized spacial score (nSPS) is 10.7. The maximum atomic E-state index is 13.9. The molecule has 0 bridgehead atoms. The fourth-order valence-corrected chi connectivity index (χ4v) is 3.38. The smallest absolute Gasteiger partial charge is 0.251 e. The molecule has 0 unspecified atom stereocenters. The van der Waals surface area contributed by atoms with Crippen molar-refractivity contribution in [1.29, 1.82) is 0 Å². The Labute approximate surface area is 158 Å². The van der Waals surface area contributed by atoms with Crippen LogP contribution in [0, 0.1) is 5.82 Å². The van der Waals surface area contributed by atoms with E-state index in [1.165, 1.54) is 18.2 Å². The molecule has 0 aliphatic heterocycles. The quantitative estimate of drug-likeness (QED) is 0.392. The average molecular weight is 389 g/mol. The fraction of sp³-hybridized carbons (Fsp3) is 0.105. The van der Waals surface area contributed by atoms with Crippen LogP contribution in [0.2, 0.25) is 5.02 Å². The standard InChI is InChI=1S/C19H14ClFN2O2S/c20-15-7-4-8-16(21)14(15)9-13-10-18(25)23-19(22-13)26-11-17(24)12-5-2-1-3-6-12/h1-8,10H,9,11H2,(H,22,23,25). The minimum absolute atomic E-state index is 0.0687. The van der Waals surface area contributed by atoms with E-state index in [0.717, 1.165) is 11.8 Å². The number of carbonyl (C=O) groups excluding carboxylic acids is 1. The number of thioether (sulfide) groups is 1. The lowest BCUT2D eigenvalue weighted by Crippen LogP contribution is -2.12. The Morgan fingerprint density at radius 2 is 1.92 bits per heavy atom. The highest BCUT2D eigenvalue weighted by Gasteiger charge is 2.12. The molecule has 0 saturated heterocycles. The molecular weight excluding hydrogens is 375 g/mol. The number of carbonyl (C=O) groups is 1. The van der Waals surface area contributed by atoms with E-state index in [1.807, 2.05) is 6.07 Å². The number of nitrogens with one attached hydrogen (secondary N) is 1. The van der Waals surface area contributed by atoms with Gasteiger partial charge in [-0.1, -0.05) is 59.8 Å². The third-order valence-corrected chi connectivity index (χ3v) is 4.86. The van der Waals surface area contributed by atoms with E-state index in [0.29, 0.717) is 16.4 Å². The van der Waals surface area contributed by atoms with Crippen LogP contribution in [0.4, 0.5) is 4.39 Å². The van der Waals surface area contributed by atoms with Crippen molar-refractivity contribution < 1.29 is 9.18 Å². The van der Waals surface area contributed by atoms with Gasteiger partial charge in [0.2, 0.25) is 0 Å². The van der Waals surface area contributed by atoms with Gasteiger partial charge in [-0.25, -0.2) is 9.37 Å². The number of nitrogens with zero attached hydrogens (tertiary/aromatic N) is 1. The number of benzene rings is 2. The highest BCUT2D eigenvalue weighted by Crippen LogP contribution is 2.22. The molecule has 0 saturated carbocycles. The van der Waals surface area contributed by atoms with Gasteiger partial charge in [0.1, 0.15) is 5.82 Å². The predicted molar refractivity (Wildman–Crippen MR) is 101 cm³/mol. The van der Waals surface area contributed by atoms with Gasteiger partial charge in [-0.3, -0.25) is 9.59 Å². The summed E-state index contributed by atoms with van der Waals surface area (Å²) in [4.78, 5) is 30.9. The van der Waals surface area contributed by atoms with Crippen LogP contribution in [0.1, 0.15) is 21.6 Å². The molecule has 0 fully saturated rings. The van der Waals surface area contributed by atoms with Crippen LogP contribution in [0.15, 0.2) is 64.5 Å². The molecule has 0 amide bonds. The monoisotopic (exact) mass is 388 g/mol. The lowest BCUT2D eigenvalue weighted by Gasteiger charge is -2.07. The third kappa shape index (κ3) is 4.59. The Kier molecular flexibility index (Phi) is 5.85. The Morgan fingerprint density at radius 1 is 1.15 bits per heavy atom. The second kappa shape index (κ2) is 8.29. The number of H-pyrrole nitrogens is 1. The van der Waals surface area contributed by atoms with Gasteiger partial charge in [-0.05, 0) is 12.1 Å². The first-order valence-corrected chi connectivity index (χ1v) is 9.13. The van der Waals surface area contributed by atoms with Crippen molar-refractivity contribution in [3.05, 3.63) is 92.6 Å². The van der Waals surface area contributed by atoms with E-state index in [-0.39, 0.29) is 34.1 Å². The zero-order valence-electron chi connectivity index (χ0n) is 13.5. The molecule has 0 aliphatic carbocycles. The van der Waals surface area contributed by atoms with Crippen LogP contribution in [0.3, 0.4) is 0 Å². The fourth-order valence-electron chi connectivity index (χ4n) is 2.37. The number of aromatic nitrogens is 2. The van der Waals surface area contributed by atoms with Crippen LogP contribution < -0.4 is 5.56 Å². The molecule has 3 aromatic rings. The summed E-state index contributed by atoms with van der Waals surface area (Å²) < 4.78 is 13.9. The van der Waals surface area contributed by atoms with Crippen molar-refractivity contribution in [1.82, 2.24) is 9.97 Å². The number of hydrogen-bond acceptors (Lipinski definition) is 4. The Morgan fingerprint density at radius 3 is 2.65 bits per heavy atom. The van der Waals surface area contributed by atoms with Crippen molar-refractivity contribution in [2.75, 3.05) is 5.75 Å². The molecule has 132 valence electrons. The SMILES string of the molecule is O=C(CSc1nc(Cc2c(F)cccc2Cl)cc(=O)[nH]1)c1ccccc1. The first kappa shape index (κ1) is 18.4. The first-order valence-electron chi connectivity index (χ1n) is 7.77. The molecule has 0 aliphatic rings. The van der Waals surface area contributed by atoms with Crippen molar-refractivity contribution >= 4 is 29.1 Å². The van der Waals surface area contributed by atoms with Gasteiger partial charge in [0, 0.05) is 28.6 Å². The Balaban J connectivity index is 1.76. The molecule has 4 nitrogen and oxygen atoms in total. The molecule has 1 N–H and O–H groups in total. The molecule has 7 heteroatoms. The summed E-state index contributed by atoms with van der Waals surface area (Å²) >= 11 is 7.15. The van der Waals surface area contributed by atoms with Crippen LogP contribution >= 0.6 is 23.4 Å². The lowest BCUT2D eigenvalue weighted by atomic mass is 10.1. The van der Waals surface area contributed by atoms with E-state index < -0.39 is 5.82 Å². The van der Waals surface area contributed by atoms with Gasteiger partial charge in [0.05, 0.1) is 11.4 Å². The van der Waals surface area contributed by atoms with Gasteiger partial charge in [-0.2, -0.15) is 0 Å². The summed E-state index contributed by atoms with van der Waals surface area (Å²) in [6.07, 6.45) is 0.0929. The molecule has 26 heavy (non-hydrogen) atoms. The van der Waals surface area contributed by atoms with Gasteiger partial charge in [-0.15, -0.1) is 0 Å². The van der Waals surface area contributed by atoms with Gasteiger partial charge in [0.15, 0.2) is 10.9 Å². The van der Waals surface area contributed by atoms with E-state index in [2.05, 4.69) is 9.97 Å². The second-order valence-corrected chi connectivity index (χ2v) is 6.87. The van der Waals surface area contributed by atoms with Crippen molar-refractivity contribution in [3.63, 3.8) is 0 Å². The maximum absolute atomic E-state index is 13.9. The summed E-state index contributed by atoms with van der Waals surface area (Å²) in [5.41, 5.74) is 0.896. The van der Waals surface area contributed by atoms with E-state index in [1.54, 1.807) is 30.3 Å². The van der Waals surface area contributed by atoms with Gasteiger partial charge < -0.3 is 4.98 Å². The summed E-state index contributed by atoms with van der Waals surface area (Å²) in [7, 11) is 0. The molecule has 0 radical (unpaired) electrons. The van der Waals surface area contributed by atoms with E-state index >= 15 is 0 Å². The number of halogens is 2. The maximum Gasteiger partial charge on any atom is 0.251 e. The minimum atomic E-state index is -0.451. The second-order valence-electron chi connectivity index (χ2n) is 5.50. The Bertz CT molecular complexity index is 972. The summed E-state index contributed by atoms with van der Waals surface area (Å²) in [5, 5.41) is 0.588. The highest BCUT2D eigenvalue weighted by atomic mass is 35.5. The topological polar surface area (TPSA) is 62.8 Å². The number of hydrogen-bond donors (Lipinski definition) is 1. The zero-order valence-corrected chi connectivity index (χ0v) is 15.1. The highest BCUT2D eigenvalue weighted by molar-refractivity contribution is 7.99. The predicted octanol–water partition coefficient (Wildman–Crippen LogP) is 4.13. The number of ketones is 1. The minimum Gasteiger partial charge on any atom is -0.301 e. The zero-order chi connectivity index (χ0) is 18.5. The number of Topliss-reactive ketones (excluding diaryl/α,β-unsaturated/α-hetero) is 1. The molecule has 3 rings (SSSR count). The van der Waals surface area contributed by atoms with Gasteiger partial charge in [0.25, 0.3) is 5.56 Å². The van der Waals surface area contributed by atoms with E-state index in [9.17, 15) is 14.0 Å². The molecule has 0 atom stereocenters. The Hall–Kier alpha value is -2.44.